The van der Waals surface area contributed by atoms with E-state index in [4.69, 9.17) is 11.6 Å². The summed E-state index contributed by atoms with van der Waals surface area (Å²) in [6.07, 6.45) is 5.38. The molecule has 9 heteroatoms. The van der Waals surface area contributed by atoms with E-state index in [0.29, 0.717) is 16.0 Å². The molecule has 1 saturated carbocycles. The first-order valence-corrected chi connectivity index (χ1v) is 10.6. The SMILES string of the molecule is C[C@H](Sc1nnc(-c2ccccc2Cl)n1C)C(=O)NC(=O)NC1CCCCC1. The molecule has 0 unspecified atom stereocenters. The topological polar surface area (TPSA) is 88.9 Å². The first kappa shape index (κ1) is 20.7. The minimum Gasteiger partial charge on any atom is -0.335 e. The standard InChI is InChI=1S/C19H24ClN5O2S/c1-12(17(26)22-18(27)21-13-8-4-3-5-9-13)28-19-24-23-16(25(19)2)14-10-6-7-11-15(14)20/h6-7,10-13H,3-5,8-9H2,1-2H3,(H2,21,22,26,27)/t12-/m0/s1. The molecule has 1 fully saturated rings. The molecule has 0 radical (unpaired) electrons. The molecule has 3 rings (SSSR count). The summed E-state index contributed by atoms with van der Waals surface area (Å²) in [6.45, 7) is 1.73. The van der Waals surface area contributed by atoms with Gasteiger partial charge in [-0.05, 0) is 31.9 Å². The minimum atomic E-state index is -0.501. The highest BCUT2D eigenvalue weighted by atomic mass is 35.5. The molecule has 7 nitrogen and oxygen atoms in total. The number of hydrogen-bond acceptors (Lipinski definition) is 5. The van der Waals surface area contributed by atoms with E-state index in [0.717, 1.165) is 31.2 Å². The lowest BCUT2D eigenvalue weighted by Gasteiger charge is -2.23. The summed E-state index contributed by atoms with van der Waals surface area (Å²) >= 11 is 7.48. The number of hydrogen-bond donors (Lipinski definition) is 2. The van der Waals surface area contributed by atoms with Crippen LogP contribution < -0.4 is 10.6 Å². The fourth-order valence-electron chi connectivity index (χ4n) is 3.19. The van der Waals surface area contributed by atoms with Gasteiger partial charge in [0.05, 0.1) is 10.3 Å². The molecule has 1 heterocycles. The Hall–Kier alpha value is -2.06. The highest BCUT2D eigenvalue weighted by Crippen LogP contribution is 2.29. The molecule has 28 heavy (non-hydrogen) atoms. The monoisotopic (exact) mass is 421 g/mol. The predicted molar refractivity (Wildman–Crippen MR) is 110 cm³/mol. The van der Waals surface area contributed by atoms with Gasteiger partial charge in [-0.2, -0.15) is 0 Å². The van der Waals surface area contributed by atoms with Gasteiger partial charge in [-0.25, -0.2) is 4.79 Å². The van der Waals surface area contributed by atoms with Crippen LogP contribution in [-0.2, 0) is 11.8 Å². The second-order valence-corrected chi connectivity index (χ2v) is 8.62. The van der Waals surface area contributed by atoms with E-state index < -0.39 is 11.3 Å². The molecular formula is C19H24ClN5O2S. The second-order valence-electron chi connectivity index (χ2n) is 6.90. The Morgan fingerprint density at radius 2 is 1.93 bits per heavy atom. The molecule has 2 aromatic rings. The Morgan fingerprint density at radius 3 is 2.64 bits per heavy atom. The minimum absolute atomic E-state index is 0.154. The average Bonchev–Trinajstić information content (AvgIpc) is 3.03. The van der Waals surface area contributed by atoms with Crippen LogP contribution in [0, 0.1) is 0 Å². The third-order valence-electron chi connectivity index (χ3n) is 4.78. The van der Waals surface area contributed by atoms with Gasteiger partial charge in [-0.3, -0.25) is 10.1 Å². The third-order valence-corrected chi connectivity index (χ3v) is 6.24. The molecule has 150 valence electrons. The number of amides is 3. The highest BCUT2D eigenvalue weighted by molar-refractivity contribution is 8.00. The van der Waals surface area contributed by atoms with Gasteiger partial charge >= 0.3 is 6.03 Å². The molecule has 0 saturated heterocycles. The maximum Gasteiger partial charge on any atom is 0.321 e. The predicted octanol–water partition coefficient (Wildman–Crippen LogP) is 3.77. The number of thioether (sulfide) groups is 1. The van der Waals surface area contributed by atoms with Crippen LogP contribution in [0.4, 0.5) is 4.79 Å². The molecule has 3 amide bonds. The number of aromatic nitrogens is 3. The summed E-state index contributed by atoms with van der Waals surface area (Å²) in [5.74, 6) is 0.261. The molecule has 0 aliphatic heterocycles. The molecule has 1 atom stereocenters. The Morgan fingerprint density at radius 1 is 1.21 bits per heavy atom. The number of nitrogens with zero attached hydrogens (tertiary/aromatic N) is 3. The van der Waals surface area contributed by atoms with Crippen molar-refractivity contribution in [2.75, 3.05) is 0 Å². The first-order valence-electron chi connectivity index (χ1n) is 9.38. The lowest BCUT2D eigenvalue weighted by atomic mass is 9.96. The summed E-state index contributed by atoms with van der Waals surface area (Å²) in [7, 11) is 1.82. The van der Waals surface area contributed by atoms with Gasteiger partial charge in [0, 0.05) is 18.7 Å². The maximum atomic E-state index is 12.4. The van der Waals surface area contributed by atoms with E-state index in [1.54, 1.807) is 17.6 Å². The van der Waals surface area contributed by atoms with Crippen molar-refractivity contribution in [2.24, 2.45) is 7.05 Å². The summed E-state index contributed by atoms with van der Waals surface area (Å²) in [4.78, 5) is 24.4. The molecule has 1 aromatic carbocycles. The number of carbonyl (C=O) groups excluding carboxylic acids is 2. The number of benzene rings is 1. The van der Waals surface area contributed by atoms with Gasteiger partial charge in [-0.1, -0.05) is 54.8 Å². The Bertz CT molecular complexity index is 851. The van der Waals surface area contributed by atoms with Gasteiger partial charge < -0.3 is 9.88 Å². The lowest BCUT2D eigenvalue weighted by molar-refractivity contribution is -0.119. The van der Waals surface area contributed by atoms with Gasteiger partial charge in [0.15, 0.2) is 11.0 Å². The van der Waals surface area contributed by atoms with E-state index in [2.05, 4.69) is 20.8 Å². The molecular weight excluding hydrogens is 398 g/mol. The van der Waals surface area contributed by atoms with Crippen LogP contribution in [0.3, 0.4) is 0 Å². The number of halogens is 1. The van der Waals surface area contributed by atoms with Crippen molar-refractivity contribution < 1.29 is 9.59 Å². The lowest BCUT2D eigenvalue weighted by Crippen LogP contribution is -2.47. The third kappa shape index (κ3) is 5.05. The van der Waals surface area contributed by atoms with Crippen molar-refractivity contribution in [3.8, 4) is 11.4 Å². The molecule has 1 aliphatic rings. The van der Waals surface area contributed by atoms with Crippen LogP contribution in [-0.4, -0.2) is 38.0 Å². The summed E-state index contributed by atoms with van der Waals surface area (Å²) in [5, 5.41) is 14.3. The molecule has 0 spiro atoms. The number of nitrogens with one attached hydrogen (secondary N) is 2. The zero-order valence-corrected chi connectivity index (χ0v) is 17.5. The van der Waals surface area contributed by atoms with Crippen LogP contribution >= 0.6 is 23.4 Å². The molecule has 1 aromatic heterocycles. The van der Waals surface area contributed by atoms with Crippen LogP contribution in [0.25, 0.3) is 11.4 Å². The number of carbonyl (C=O) groups is 2. The van der Waals surface area contributed by atoms with Crippen LogP contribution in [0.2, 0.25) is 5.02 Å². The zero-order chi connectivity index (χ0) is 20.1. The number of urea groups is 1. The van der Waals surface area contributed by atoms with Gasteiger partial charge in [0.1, 0.15) is 0 Å². The van der Waals surface area contributed by atoms with Crippen molar-refractivity contribution in [2.45, 2.75) is 55.5 Å². The fourth-order valence-corrected chi connectivity index (χ4v) is 4.22. The van der Waals surface area contributed by atoms with Gasteiger partial charge in [-0.15, -0.1) is 10.2 Å². The largest absolute Gasteiger partial charge is 0.335 e. The van der Waals surface area contributed by atoms with Crippen molar-refractivity contribution in [3.63, 3.8) is 0 Å². The summed E-state index contributed by atoms with van der Waals surface area (Å²) in [6, 6.07) is 7.11. The fraction of sp³-hybridized carbons (Fsp3) is 0.474. The normalized spacial score (nSPS) is 15.8. The van der Waals surface area contributed by atoms with E-state index >= 15 is 0 Å². The number of imide groups is 1. The molecule has 1 aliphatic carbocycles. The summed E-state index contributed by atoms with van der Waals surface area (Å²) < 4.78 is 1.79. The van der Waals surface area contributed by atoms with Crippen LogP contribution in [0.15, 0.2) is 29.4 Å². The van der Waals surface area contributed by atoms with Crippen LogP contribution in [0.5, 0.6) is 0 Å². The average molecular weight is 422 g/mol. The van der Waals surface area contributed by atoms with E-state index in [-0.39, 0.29) is 11.9 Å². The van der Waals surface area contributed by atoms with Crippen molar-refractivity contribution in [1.82, 2.24) is 25.4 Å². The smallest absolute Gasteiger partial charge is 0.321 e. The quantitative estimate of drug-likeness (QED) is 0.717. The first-order chi connectivity index (χ1) is 13.5. The Balaban J connectivity index is 1.58. The van der Waals surface area contributed by atoms with Crippen molar-refractivity contribution in [1.29, 1.82) is 0 Å². The van der Waals surface area contributed by atoms with Crippen molar-refractivity contribution >= 4 is 35.3 Å². The Kier molecular flexibility index (Phi) is 6.96. The van der Waals surface area contributed by atoms with Crippen molar-refractivity contribution in [3.05, 3.63) is 29.3 Å². The van der Waals surface area contributed by atoms with Gasteiger partial charge in [0.2, 0.25) is 5.91 Å². The summed E-state index contributed by atoms with van der Waals surface area (Å²) in [5.41, 5.74) is 0.773. The maximum absolute atomic E-state index is 12.4. The van der Waals surface area contributed by atoms with E-state index in [1.165, 1.54) is 18.2 Å². The number of rotatable bonds is 5. The van der Waals surface area contributed by atoms with E-state index in [1.807, 2.05) is 25.2 Å². The second kappa shape index (κ2) is 9.43. The van der Waals surface area contributed by atoms with E-state index in [9.17, 15) is 9.59 Å². The Labute approximate surface area is 173 Å². The zero-order valence-electron chi connectivity index (χ0n) is 15.9. The molecule has 0 bridgehead atoms. The highest BCUT2D eigenvalue weighted by Gasteiger charge is 2.23. The molecule has 2 N–H and O–H groups in total. The van der Waals surface area contributed by atoms with Gasteiger partial charge in [0.25, 0.3) is 0 Å². The van der Waals surface area contributed by atoms with Crippen LogP contribution in [0.1, 0.15) is 39.0 Å².